The Hall–Kier alpha value is -2.04. The Labute approximate surface area is 146 Å². The van der Waals surface area contributed by atoms with Crippen LogP contribution in [0, 0.1) is 6.92 Å². The molecule has 5 heteroatoms. The number of aliphatic hydroxyl groups excluding tert-OH is 1. The van der Waals surface area contributed by atoms with Gasteiger partial charge in [0.2, 0.25) is 0 Å². The minimum atomic E-state index is 0.101. The fourth-order valence-corrected chi connectivity index (χ4v) is 2.90. The summed E-state index contributed by atoms with van der Waals surface area (Å²) in [7, 11) is 0. The lowest BCUT2D eigenvalue weighted by Gasteiger charge is -2.10. The molecule has 126 valence electrons. The van der Waals surface area contributed by atoms with Crippen LogP contribution in [0.5, 0.6) is 5.75 Å². The molecule has 0 aliphatic carbocycles. The lowest BCUT2D eigenvalue weighted by molar-refractivity contribution is 0.289. The van der Waals surface area contributed by atoms with E-state index in [1.165, 1.54) is 0 Å². The van der Waals surface area contributed by atoms with E-state index >= 15 is 0 Å². The largest absolute Gasteiger partial charge is 0.494 e. The lowest BCUT2D eigenvalue weighted by Crippen LogP contribution is -2.09. The Morgan fingerprint density at radius 2 is 2.04 bits per heavy atom. The highest BCUT2D eigenvalue weighted by Crippen LogP contribution is 2.21. The molecular weight excluding hydrogens is 324 g/mol. The molecule has 3 rings (SSSR count). The van der Waals surface area contributed by atoms with Gasteiger partial charge in [0.25, 0.3) is 0 Å². The number of benzene rings is 2. The van der Waals surface area contributed by atoms with Gasteiger partial charge in [0.15, 0.2) is 0 Å². The average Bonchev–Trinajstić information content (AvgIpc) is 2.93. The fraction of sp³-hybridized carbons (Fsp3) is 0.316. The summed E-state index contributed by atoms with van der Waals surface area (Å²) in [6, 6.07) is 13.7. The van der Waals surface area contributed by atoms with Crippen LogP contribution < -0.4 is 4.74 Å². The van der Waals surface area contributed by atoms with Crippen molar-refractivity contribution in [3.05, 3.63) is 58.9 Å². The molecule has 4 nitrogen and oxygen atoms in total. The van der Waals surface area contributed by atoms with Gasteiger partial charge in [-0.1, -0.05) is 23.7 Å². The molecule has 1 N–H and O–H groups in total. The minimum Gasteiger partial charge on any atom is -0.494 e. The van der Waals surface area contributed by atoms with E-state index in [-0.39, 0.29) is 6.61 Å². The van der Waals surface area contributed by atoms with E-state index in [0.717, 1.165) is 46.2 Å². The molecule has 0 aliphatic heterocycles. The van der Waals surface area contributed by atoms with Crippen molar-refractivity contribution >= 4 is 22.6 Å². The predicted molar refractivity (Wildman–Crippen MR) is 96.8 cm³/mol. The molecular formula is C19H21ClN2O2. The molecule has 3 aromatic rings. The van der Waals surface area contributed by atoms with Gasteiger partial charge in [0.05, 0.1) is 24.2 Å². The van der Waals surface area contributed by atoms with Crippen LogP contribution in [0.3, 0.4) is 0 Å². The number of aromatic nitrogens is 2. The Kier molecular flexibility index (Phi) is 5.38. The van der Waals surface area contributed by atoms with E-state index in [9.17, 15) is 5.11 Å². The first-order chi connectivity index (χ1) is 11.7. The highest BCUT2D eigenvalue weighted by molar-refractivity contribution is 6.31. The zero-order valence-corrected chi connectivity index (χ0v) is 14.5. The van der Waals surface area contributed by atoms with Crippen LogP contribution >= 0.6 is 11.6 Å². The lowest BCUT2D eigenvalue weighted by atomic mass is 10.2. The summed E-state index contributed by atoms with van der Waals surface area (Å²) >= 11 is 6.03. The van der Waals surface area contributed by atoms with Gasteiger partial charge in [0, 0.05) is 18.0 Å². The molecule has 0 spiro atoms. The van der Waals surface area contributed by atoms with Gasteiger partial charge in [-0.25, -0.2) is 4.98 Å². The van der Waals surface area contributed by atoms with Crippen LogP contribution in [-0.2, 0) is 13.0 Å². The van der Waals surface area contributed by atoms with Crippen LogP contribution in [0.25, 0.3) is 11.0 Å². The van der Waals surface area contributed by atoms with E-state index in [1.807, 2.05) is 43.3 Å². The molecule has 0 atom stereocenters. The second-order valence-electron chi connectivity index (χ2n) is 5.75. The van der Waals surface area contributed by atoms with Crippen molar-refractivity contribution in [3.8, 4) is 5.75 Å². The van der Waals surface area contributed by atoms with Crippen molar-refractivity contribution in [2.45, 2.75) is 26.3 Å². The van der Waals surface area contributed by atoms with Gasteiger partial charge in [-0.15, -0.1) is 0 Å². The van der Waals surface area contributed by atoms with E-state index in [1.54, 1.807) is 0 Å². The molecule has 0 aliphatic rings. The molecule has 0 radical (unpaired) electrons. The van der Waals surface area contributed by atoms with Crippen molar-refractivity contribution in [1.29, 1.82) is 0 Å². The summed E-state index contributed by atoms with van der Waals surface area (Å²) in [4.78, 5) is 4.61. The van der Waals surface area contributed by atoms with E-state index in [0.29, 0.717) is 13.0 Å². The highest BCUT2D eigenvalue weighted by atomic mass is 35.5. The molecule has 0 bridgehead atoms. The maximum absolute atomic E-state index is 9.25. The van der Waals surface area contributed by atoms with Crippen molar-refractivity contribution in [1.82, 2.24) is 9.55 Å². The number of hydrogen-bond acceptors (Lipinski definition) is 3. The first-order valence-corrected chi connectivity index (χ1v) is 8.51. The Morgan fingerprint density at radius 1 is 1.21 bits per heavy atom. The fourth-order valence-electron chi connectivity index (χ4n) is 2.79. The number of hydrogen-bond donors (Lipinski definition) is 1. The first-order valence-electron chi connectivity index (χ1n) is 8.13. The van der Waals surface area contributed by atoms with Crippen LogP contribution in [0.1, 0.15) is 17.8 Å². The average molecular weight is 345 g/mol. The summed E-state index contributed by atoms with van der Waals surface area (Å²) < 4.78 is 7.98. The zero-order valence-electron chi connectivity index (χ0n) is 13.7. The van der Waals surface area contributed by atoms with E-state index in [2.05, 4.69) is 15.6 Å². The summed E-state index contributed by atoms with van der Waals surface area (Å²) in [5.74, 6) is 1.75. The minimum absolute atomic E-state index is 0.101. The molecule has 24 heavy (non-hydrogen) atoms. The standard InChI is InChI=1S/C19H21ClN2O2/c1-14-13-15(7-8-16(14)20)24-12-4-10-22-18-6-3-2-5-17(18)21-19(22)9-11-23/h2-3,5-8,13,23H,4,9-12H2,1H3. The number of halogens is 1. The number of aryl methyl sites for hydroxylation is 2. The number of imidazole rings is 1. The first kappa shape index (κ1) is 16.8. The monoisotopic (exact) mass is 344 g/mol. The molecule has 0 saturated carbocycles. The van der Waals surface area contributed by atoms with Gasteiger partial charge in [-0.3, -0.25) is 0 Å². The smallest absolute Gasteiger partial charge is 0.119 e. The van der Waals surface area contributed by atoms with Crippen molar-refractivity contribution in [2.75, 3.05) is 13.2 Å². The van der Waals surface area contributed by atoms with Gasteiger partial charge in [0.1, 0.15) is 11.6 Å². The zero-order chi connectivity index (χ0) is 16.9. The molecule has 1 heterocycles. The van der Waals surface area contributed by atoms with Crippen LogP contribution in [-0.4, -0.2) is 27.9 Å². The Morgan fingerprint density at radius 3 is 2.83 bits per heavy atom. The third-order valence-corrected chi connectivity index (χ3v) is 4.42. The molecule has 0 saturated heterocycles. The third kappa shape index (κ3) is 3.71. The second kappa shape index (κ2) is 7.69. The number of aliphatic hydroxyl groups is 1. The van der Waals surface area contributed by atoms with E-state index < -0.39 is 0 Å². The Balaban J connectivity index is 1.64. The molecule has 0 fully saturated rings. The normalized spacial score (nSPS) is 11.1. The number of para-hydroxylation sites is 2. The highest BCUT2D eigenvalue weighted by Gasteiger charge is 2.09. The van der Waals surface area contributed by atoms with Crippen LogP contribution in [0.15, 0.2) is 42.5 Å². The van der Waals surface area contributed by atoms with Crippen LogP contribution in [0.4, 0.5) is 0 Å². The second-order valence-corrected chi connectivity index (χ2v) is 6.16. The Bertz CT molecular complexity index is 829. The summed E-state index contributed by atoms with van der Waals surface area (Å²) in [6.07, 6.45) is 1.42. The molecule has 0 amide bonds. The topological polar surface area (TPSA) is 47.3 Å². The predicted octanol–water partition coefficient (Wildman–Crippen LogP) is 4.00. The number of ether oxygens (including phenoxy) is 1. The SMILES string of the molecule is Cc1cc(OCCCn2c(CCO)nc3ccccc32)ccc1Cl. The molecule has 1 aromatic heterocycles. The quantitative estimate of drug-likeness (QED) is 0.659. The van der Waals surface area contributed by atoms with Crippen LogP contribution in [0.2, 0.25) is 5.02 Å². The van der Waals surface area contributed by atoms with Crippen molar-refractivity contribution in [3.63, 3.8) is 0 Å². The van der Waals surface area contributed by atoms with E-state index in [4.69, 9.17) is 16.3 Å². The van der Waals surface area contributed by atoms with Crippen molar-refractivity contribution < 1.29 is 9.84 Å². The van der Waals surface area contributed by atoms with Gasteiger partial charge in [-0.2, -0.15) is 0 Å². The van der Waals surface area contributed by atoms with Gasteiger partial charge < -0.3 is 14.4 Å². The third-order valence-electron chi connectivity index (χ3n) is 3.99. The number of nitrogens with zero attached hydrogens (tertiary/aromatic N) is 2. The number of fused-ring (bicyclic) bond motifs is 1. The maximum atomic E-state index is 9.25. The van der Waals surface area contributed by atoms with Gasteiger partial charge >= 0.3 is 0 Å². The summed E-state index contributed by atoms with van der Waals surface area (Å²) in [5.41, 5.74) is 3.08. The molecule has 2 aromatic carbocycles. The molecule has 0 unspecified atom stereocenters. The van der Waals surface area contributed by atoms with Crippen molar-refractivity contribution in [2.24, 2.45) is 0 Å². The number of rotatable bonds is 7. The maximum Gasteiger partial charge on any atom is 0.119 e. The van der Waals surface area contributed by atoms with Gasteiger partial charge in [-0.05, 0) is 49.2 Å². The summed E-state index contributed by atoms with van der Waals surface area (Å²) in [6.45, 7) is 3.49. The summed E-state index contributed by atoms with van der Waals surface area (Å²) in [5, 5.41) is 10.00.